The molecule has 24 heteroatoms. The van der Waals surface area contributed by atoms with Crippen LogP contribution in [0, 0.1) is 19.3 Å². The summed E-state index contributed by atoms with van der Waals surface area (Å²) < 4.78 is 43.3. The minimum absolute atomic E-state index is 0.153. The highest BCUT2D eigenvalue weighted by Crippen LogP contribution is 2.35. The number of piperidine rings is 1. The third-order valence-electron chi connectivity index (χ3n) is 23.0. The van der Waals surface area contributed by atoms with E-state index < -0.39 is 0 Å². The van der Waals surface area contributed by atoms with Gasteiger partial charge in [0.05, 0.1) is 69.3 Å². The summed E-state index contributed by atoms with van der Waals surface area (Å²) in [5.41, 5.74) is 13.8. The van der Waals surface area contributed by atoms with Crippen LogP contribution in [0.1, 0.15) is 197 Å². The molecule has 0 radical (unpaired) electrons. The molecular formula is C107H140N16O8. The summed E-state index contributed by atoms with van der Waals surface area (Å²) in [6.07, 6.45) is 19.6. The number of methoxy groups -OCH3 is 1. The number of hydrogen-bond acceptors (Lipinski definition) is 18. The van der Waals surface area contributed by atoms with Gasteiger partial charge in [-0.1, -0.05) is 103 Å². The molecule has 4 N–H and O–H groups in total. The predicted molar refractivity (Wildman–Crippen MR) is 532 cm³/mol. The standard InChI is InChI=1S/C25H31N3O.C22H29N3O2.C20H30N4O2.C20H25N3O2.C20H25N3O/c1-6-8-15-27(5)17-24-23-16-22(13-14-25(23)28(26-24)19(3)4)29-18-21-11-9-20(7-2)10-12-21;1-5-6-13-25(4)15-22-20-14-19(11-12-21(20)23-24-22)27-18-9-7-17(8-10-18)26-16(2)3;1-4-5-10-23(3)14-20-18-13-17(6-7-19(18)21-22-20)26-16-8-11-24(12-9-16)15(2)25;1-4-5-12-23(2)14-20-18-13-17(10-11-19(18)21-22-20)25-16-8-6-15(24-3)7-9-16;1-4-5-12-23(3)14-19-17-13-16(10-11-18(17)21-22-19)24-20-9-7-6-8-15(20)2/h2,9-14,16,19H,6,8,15,17-18H2,1,3-5H3;7-12,14,16H,5-6,13,15H2,1-4H3,(H,23,24);6-7,13,16H,4-5,8-12,14H2,1-3H3,(H,21,22);6-11,13H,4-5,12,14H2,1-3H3,(H,21,22);6-11,13H,4-5,12,14H2,1-3H3,(H,21,22). The molecule has 24 nitrogen and oxygen atoms in total. The third-order valence-corrected chi connectivity index (χ3v) is 23.0. The fourth-order valence-electron chi connectivity index (χ4n) is 15.5. The molecule has 1 amide bonds. The SMILES string of the molecule is C#Cc1ccc(COc2ccc3c(c2)c(CN(C)CCCC)nn3C(C)C)cc1.CCCCN(C)Cc1[nH]nc2ccc(OC3CCN(C(C)=O)CC3)cc12.CCCCN(C)Cc1[nH]nc2ccc(Oc3ccc(OC(C)C)cc3)cc12.CCCCN(C)Cc1[nH]nc2ccc(Oc3ccc(OC)cc3)cc12.CCCCN(C)Cc1[nH]nc2ccc(Oc3ccccc3C)cc12. The minimum Gasteiger partial charge on any atom is -0.497 e. The van der Waals surface area contributed by atoms with Crippen LogP contribution < -0.4 is 33.2 Å². The minimum atomic E-state index is 0.153. The van der Waals surface area contributed by atoms with E-state index in [0.717, 1.165) is 243 Å². The summed E-state index contributed by atoms with van der Waals surface area (Å²) in [4.78, 5) is 25.0. The fraction of sp³-hybridized carbons (Fsp3) is 0.421. The lowest BCUT2D eigenvalue weighted by Gasteiger charge is -2.31. The van der Waals surface area contributed by atoms with Gasteiger partial charge in [-0.15, -0.1) is 6.42 Å². The molecule has 1 aliphatic heterocycles. The number of aromatic nitrogens is 10. The number of likely N-dealkylation sites (tertiary alicyclic amines) is 1. The van der Waals surface area contributed by atoms with Crippen molar-refractivity contribution in [1.29, 1.82) is 0 Å². The van der Waals surface area contributed by atoms with Crippen molar-refractivity contribution in [2.45, 2.75) is 211 Å². The lowest BCUT2D eigenvalue weighted by Crippen LogP contribution is -2.40. The third kappa shape index (κ3) is 30.2. The average molecular weight is 1780 g/mol. The first-order valence-electron chi connectivity index (χ1n) is 46.9. The molecule has 0 aliphatic carbocycles. The average Bonchev–Trinajstić information content (AvgIpc) is 1.63. The number of aromatic amines is 4. The highest BCUT2D eigenvalue weighted by atomic mass is 16.5. The Labute approximate surface area is 776 Å². The van der Waals surface area contributed by atoms with E-state index in [9.17, 15) is 4.79 Å². The topological polar surface area (TPSA) is 234 Å². The first-order chi connectivity index (χ1) is 63.5. The maximum Gasteiger partial charge on any atom is 0.219 e. The van der Waals surface area contributed by atoms with E-state index in [-0.39, 0.29) is 18.1 Å². The van der Waals surface area contributed by atoms with Crippen LogP contribution in [0.2, 0.25) is 0 Å². The molecule has 15 rings (SSSR count). The smallest absolute Gasteiger partial charge is 0.219 e. The Hall–Kier alpha value is -12.2. The quantitative estimate of drug-likeness (QED) is 0.0261. The molecule has 1 saturated heterocycles. The Morgan fingerprint density at radius 2 is 0.840 bits per heavy atom. The maximum absolute atomic E-state index is 11.4. The molecule has 131 heavy (non-hydrogen) atoms. The summed E-state index contributed by atoms with van der Waals surface area (Å²) >= 11 is 0. The lowest BCUT2D eigenvalue weighted by molar-refractivity contribution is -0.130. The molecule has 0 saturated carbocycles. The molecule has 9 aromatic carbocycles. The first kappa shape index (κ1) is 99.3. The van der Waals surface area contributed by atoms with Gasteiger partial charge in [-0.05, 0) is 304 Å². The summed E-state index contributed by atoms with van der Waals surface area (Å²) in [6.45, 7) is 34.9. The summed E-state index contributed by atoms with van der Waals surface area (Å²) in [5, 5.41) is 40.9. The second-order valence-electron chi connectivity index (χ2n) is 35.0. The summed E-state index contributed by atoms with van der Waals surface area (Å²) in [6, 6.07) is 62.0. The van der Waals surface area contributed by atoms with Crippen LogP contribution in [0.3, 0.4) is 0 Å². The Balaban J connectivity index is 0.000000158. The number of nitrogens with zero attached hydrogens (tertiary/aromatic N) is 12. The number of carbonyl (C=O) groups excluding carboxylic acids is 1. The van der Waals surface area contributed by atoms with Crippen LogP contribution >= 0.6 is 0 Å². The van der Waals surface area contributed by atoms with Crippen LogP contribution in [0.4, 0.5) is 0 Å². The largest absolute Gasteiger partial charge is 0.497 e. The number of para-hydroxylation sites is 1. The van der Waals surface area contributed by atoms with Crippen LogP contribution in [0.15, 0.2) is 188 Å². The van der Waals surface area contributed by atoms with Gasteiger partial charge in [-0.3, -0.25) is 29.9 Å². The Bertz CT molecular complexity index is 5840. The van der Waals surface area contributed by atoms with E-state index in [1.165, 1.54) is 69.6 Å². The van der Waals surface area contributed by atoms with Crippen LogP contribution in [0.25, 0.3) is 54.5 Å². The van der Waals surface area contributed by atoms with E-state index in [0.29, 0.717) is 12.6 Å². The van der Waals surface area contributed by atoms with Gasteiger partial charge in [-0.2, -0.15) is 25.5 Å². The van der Waals surface area contributed by atoms with Crippen molar-refractivity contribution in [2.75, 3.05) is 88.2 Å². The number of terminal acetylenes is 1. The van der Waals surface area contributed by atoms with E-state index >= 15 is 0 Å². The normalized spacial score (nSPS) is 12.2. The van der Waals surface area contributed by atoms with Gasteiger partial charge in [0.15, 0.2) is 0 Å². The molecule has 0 atom stereocenters. The zero-order valence-corrected chi connectivity index (χ0v) is 80.5. The Morgan fingerprint density at radius 1 is 0.458 bits per heavy atom. The number of rotatable bonds is 40. The zero-order valence-electron chi connectivity index (χ0n) is 80.5. The van der Waals surface area contributed by atoms with Crippen molar-refractivity contribution in [1.82, 2.24) is 80.0 Å². The molecule has 5 aromatic heterocycles. The number of amides is 1. The van der Waals surface area contributed by atoms with Crippen molar-refractivity contribution < 1.29 is 38.0 Å². The van der Waals surface area contributed by atoms with Crippen molar-refractivity contribution >= 4 is 60.4 Å². The lowest BCUT2D eigenvalue weighted by atomic mass is 10.1. The number of benzene rings is 9. The van der Waals surface area contributed by atoms with Gasteiger partial charge in [0.1, 0.15) is 70.2 Å². The number of carbonyl (C=O) groups is 1. The number of nitrogens with one attached hydrogen (secondary N) is 4. The number of unbranched alkanes of at least 4 members (excludes halogenated alkanes) is 5. The number of H-pyrrole nitrogens is 4. The van der Waals surface area contributed by atoms with Gasteiger partial charge >= 0.3 is 0 Å². The maximum atomic E-state index is 11.4. The number of ether oxygens (including phenoxy) is 7. The second kappa shape index (κ2) is 50.8. The first-order valence-corrected chi connectivity index (χ1v) is 46.9. The van der Waals surface area contributed by atoms with E-state index in [1.807, 2.05) is 170 Å². The number of aryl methyl sites for hydroxylation is 1. The second-order valence-corrected chi connectivity index (χ2v) is 35.0. The van der Waals surface area contributed by atoms with Gasteiger partial charge in [-0.25, -0.2) is 0 Å². The molecular weight excluding hydrogens is 1640 g/mol. The highest BCUT2D eigenvalue weighted by molar-refractivity contribution is 5.86. The van der Waals surface area contributed by atoms with Crippen molar-refractivity contribution in [3.63, 3.8) is 0 Å². The molecule has 0 spiro atoms. The van der Waals surface area contributed by atoms with E-state index in [4.69, 9.17) is 44.7 Å². The number of fused-ring (bicyclic) bond motifs is 5. The zero-order chi connectivity index (χ0) is 93.1. The van der Waals surface area contributed by atoms with Crippen LogP contribution in [-0.4, -0.2) is 186 Å². The number of hydrogen-bond donors (Lipinski definition) is 4. The van der Waals surface area contributed by atoms with Gasteiger partial charge in [0.2, 0.25) is 5.91 Å². The van der Waals surface area contributed by atoms with Gasteiger partial charge in [0, 0.05) is 104 Å². The molecule has 1 aliphatic rings. The highest BCUT2D eigenvalue weighted by Gasteiger charge is 2.24. The molecule has 0 unspecified atom stereocenters. The monoisotopic (exact) mass is 1780 g/mol. The molecule has 14 aromatic rings. The Morgan fingerprint density at radius 3 is 1.24 bits per heavy atom. The van der Waals surface area contributed by atoms with Crippen molar-refractivity contribution in [2.24, 2.45) is 0 Å². The van der Waals surface area contributed by atoms with Gasteiger partial charge < -0.3 is 62.6 Å². The van der Waals surface area contributed by atoms with E-state index in [1.54, 1.807) is 14.0 Å². The van der Waals surface area contributed by atoms with E-state index in [2.05, 4.69) is 203 Å². The predicted octanol–water partition coefficient (Wildman–Crippen LogP) is 23.5. The van der Waals surface area contributed by atoms with Gasteiger partial charge in [0.25, 0.3) is 0 Å². The molecule has 6 heterocycles. The molecule has 1 fully saturated rings. The van der Waals surface area contributed by atoms with Crippen molar-refractivity contribution in [3.8, 4) is 69.8 Å². The molecule has 696 valence electrons. The van der Waals surface area contributed by atoms with Crippen molar-refractivity contribution in [3.05, 3.63) is 233 Å². The summed E-state index contributed by atoms with van der Waals surface area (Å²) in [5.74, 6) is 11.1. The fourth-order valence-corrected chi connectivity index (χ4v) is 15.5. The Kier molecular flexibility index (Phi) is 38.5. The molecule has 0 bridgehead atoms. The summed E-state index contributed by atoms with van der Waals surface area (Å²) in [7, 11) is 12.4. The van der Waals surface area contributed by atoms with Crippen LogP contribution in [0.5, 0.6) is 57.5 Å². The van der Waals surface area contributed by atoms with Crippen LogP contribution in [-0.2, 0) is 44.1 Å².